The van der Waals surface area contributed by atoms with Crippen molar-refractivity contribution in [2.45, 2.75) is 13.8 Å². The lowest BCUT2D eigenvalue weighted by atomic mass is 10.2. The molecule has 0 saturated heterocycles. The predicted octanol–water partition coefficient (Wildman–Crippen LogP) is 2.68. The molecule has 0 fully saturated rings. The Bertz CT molecular complexity index is 765. The minimum absolute atomic E-state index is 0. The fourth-order valence-corrected chi connectivity index (χ4v) is 2.37. The van der Waals surface area contributed by atoms with Gasteiger partial charge >= 0.3 is 0 Å². The van der Waals surface area contributed by atoms with Gasteiger partial charge in [-0.3, -0.25) is 9.79 Å². The standard InChI is InChI=1S/C21H28N4O3.HI/c1-3-22-21(25-14-15-28-19-10-4-16(2)5-11-19)24-13-12-23-20(27)17-6-8-18(26)9-7-17;/h4-11,26H,3,12-15H2,1-2H3,(H,23,27)(H2,22,24,25);1H. The highest BCUT2D eigenvalue weighted by molar-refractivity contribution is 14.0. The molecule has 0 aliphatic rings. The van der Waals surface area contributed by atoms with Crippen molar-refractivity contribution < 1.29 is 14.6 Å². The Labute approximate surface area is 189 Å². The molecular weight excluding hydrogens is 483 g/mol. The van der Waals surface area contributed by atoms with Crippen LogP contribution in [0.4, 0.5) is 0 Å². The number of halogens is 1. The molecule has 1 amide bonds. The first-order chi connectivity index (χ1) is 13.6. The van der Waals surface area contributed by atoms with Crippen molar-refractivity contribution in [3.8, 4) is 11.5 Å². The van der Waals surface area contributed by atoms with Crippen molar-refractivity contribution in [1.29, 1.82) is 0 Å². The Balaban J connectivity index is 0.00000420. The third kappa shape index (κ3) is 9.51. The van der Waals surface area contributed by atoms with E-state index >= 15 is 0 Å². The number of aromatic hydroxyl groups is 1. The van der Waals surface area contributed by atoms with E-state index in [1.54, 1.807) is 12.1 Å². The lowest BCUT2D eigenvalue weighted by Gasteiger charge is -2.12. The van der Waals surface area contributed by atoms with Crippen molar-refractivity contribution >= 4 is 35.8 Å². The van der Waals surface area contributed by atoms with Crippen LogP contribution in [-0.4, -0.2) is 49.8 Å². The van der Waals surface area contributed by atoms with E-state index in [-0.39, 0.29) is 35.6 Å². The maximum Gasteiger partial charge on any atom is 0.251 e. The van der Waals surface area contributed by atoms with Crippen LogP contribution < -0.4 is 20.7 Å². The highest BCUT2D eigenvalue weighted by Crippen LogP contribution is 2.11. The molecule has 2 rings (SSSR count). The van der Waals surface area contributed by atoms with Gasteiger partial charge in [0, 0.05) is 18.7 Å². The van der Waals surface area contributed by atoms with Gasteiger partial charge in [0.1, 0.15) is 18.1 Å². The van der Waals surface area contributed by atoms with E-state index in [1.165, 1.54) is 17.7 Å². The number of aliphatic imine (C=N–C) groups is 1. The van der Waals surface area contributed by atoms with Gasteiger partial charge < -0.3 is 25.8 Å². The summed E-state index contributed by atoms with van der Waals surface area (Å²) >= 11 is 0. The SMILES string of the molecule is CCNC(=NCCNC(=O)c1ccc(O)cc1)NCCOc1ccc(C)cc1.I. The monoisotopic (exact) mass is 512 g/mol. The van der Waals surface area contributed by atoms with Crippen LogP contribution >= 0.6 is 24.0 Å². The predicted molar refractivity (Wildman–Crippen MR) is 127 cm³/mol. The number of benzene rings is 2. The van der Waals surface area contributed by atoms with Crippen molar-refractivity contribution in [3.63, 3.8) is 0 Å². The average molecular weight is 512 g/mol. The molecule has 0 bridgehead atoms. The van der Waals surface area contributed by atoms with Crippen LogP contribution in [0.15, 0.2) is 53.5 Å². The number of hydrogen-bond donors (Lipinski definition) is 4. The van der Waals surface area contributed by atoms with E-state index in [0.717, 1.165) is 12.3 Å². The summed E-state index contributed by atoms with van der Waals surface area (Å²) < 4.78 is 5.68. The van der Waals surface area contributed by atoms with E-state index in [4.69, 9.17) is 4.74 Å². The molecule has 0 radical (unpaired) electrons. The molecule has 2 aromatic rings. The number of nitrogens with one attached hydrogen (secondary N) is 3. The van der Waals surface area contributed by atoms with Gasteiger partial charge in [0.2, 0.25) is 0 Å². The van der Waals surface area contributed by atoms with Gasteiger partial charge in [-0.15, -0.1) is 24.0 Å². The number of phenolic OH excluding ortho intramolecular Hbond substituents is 1. The Kier molecular flexibility index (Phi) is 11.6. The summed E-state index contributed by atoms with van der Waals surface area (Å²) in [4.78, 5) is 16.4. The van der Waals surface area contributed by atoms with Crippen molar-refractivity contribution in [1.82, 2.24) is 16.0 Å². The minimum Gasteiger partial charge on any atom is -0.508 e. The number of carbonyl (C=O) groups is 1. The summed E-state index contributed by atoms with van der Waals surface area (Å²) in [7, 11) is 0. The topological polar surface area (TPSA) is 95.0 Å². The van der Waals surface area contributed by atoms with E-state index in [0.29, 0.717) is 37.8 Å². The molecule has 158 valence electrons. The van der Waals surface area contributed by atoms with Gasteiger partial charge in [0.25, 0.3) is 5.91 Å². The largest absolute Gasteiger partial charge is 0.508 e. The number of phenols is 1. The lowest BCUT2D eigenvalue weighted by molar-refractivity contribution is 0.0955. The Morgan fingerprint density at radius 1 is 1.00 bits per heavy atom. The van der Waals surface area contributed by atoms with Crippen LogP contribution in [0, 0.1) is 6.92 Å². The van der Waals surface area contributed by atoms with Crippen LogP contribution in [-0.2, 0) is 0 Å². The molecule has 0 atom stereocenters. The lowest BCUT2D eigenvalue weighted by Crippen LogP contribution is -2.40. The number of aryl methyl sites for hydroxylation is 1. The highest BCUT2D eigenvalue weighted by Gasteiger charge is 2.04. The second kappa shape index (κ2) is 13.6. The van der Waals surface area contributed by atoms with Crippen LogP contribution in [0.2, 0.25) is 0 Å². The Morgan fingerprint density at radius 2 is 1.69 bits per heavy atom. The molecule has 0 aliphatic carbocycles. The number of amides is 1. The van der Waals surface area contributed by atoms with E-state index in [1.807, 2.05) is 38.1 Å². The minimum atomic E-state index is -0.195. The molecule has 0 saturated carbocycles. The quantitative estimate of drug-likeness (QED) is 0.180. The first-order valence-corrected chi connectivity index (χ1v) is 9.37. The smallest absolute Gasteiger partial charge is 0.251 e. The molecule has 0 spiro atoms. The molecule has 2 aromatic carbocycles. The molecule has 0 aromatic heterocycles. The maximum absolute atomic E-state index is 12.0. The van der Waals surface area contributed by atoms with Crippen LogP contribution in [0.5, 0.6) is 11.5 Å². The van der Waals surface area contributed by atoms with Gasteiger partial charge in [0.15, 0.2) is 5.96 Å². The van der Waals surface area contributed by atoms with Crippen molar-refractivity contribution in [3.05, 3.63) is 59.7 Å². The third-order valence-electron chi connectivity index (χ3n) is 3.83. The summed E-state index contributed by atoms with van der Waals surface area (Å²) in [6, 6.07) is 14.1. The number of ether oxygens (including phenoxy) is 1. The number of guanidine groups is 1. The van der Waals surface area contributed by atoms with Gasteiger partial charge in [-0.25, -0.2) is 0 Å². The third-order valence-corrected chi connectivity index (χ3v) is 3.83. The second-order valence-electron chi connectivity index (χ2n) is 6.15. The van der Waals surface area contributed by atoms with Gasteiger partial charge in [-0.05, 0) is 50.2 Å². The van der Waals surface area contributed by atoms with Crippen LogP contribution in [0.25, 0.3) is 0 Å². The van der Waals surface area contributed by atoms with Gasteiger partial charge in [-0.1, -0.05) is 17.7 Å². The van der Waals surface area contributed by atoms with Gasteiger partial charge in [0.05, 0.1) is 13.1 Å². The average Bonchev–Trinajstić information content (AvgIpc) is 2.70. The summed E-state index contributed by atoms with van der Waals surface area (Å²) in [5, 5.41) is 18.4. The fourth-order valence-electron chi connectivity index (χ4n) is 2.37. The normalized spacial score (nSPS) is 10.6. The number of rotatable bonds is 9. The number of carbonyl (C=O) groups excluding carboxylic acids is 1. The first kappa shape index (κ1) is 24.5. The Morgan fingerprint density at radius 3 is 2.34 bits per heavy atom. The first-order valence-electron chi connectivity index (χ1n) is 9.37. The molecule has 29 heavy (non-hydrogen) atoms. The molecule has 8 heteroatoms. The zero-order chi connectivity index (χ0) is 20.2. The number of hydrogen-bond acceptors (Lipinski definition) is 4. The fraction of sp³-hybridized carbons (Fsp3) is 0.333. The Hall–Kier alpha value is -2.49. The summed E-state index contributed by atoms with van der Waals surface area (Å²) in [6.07, 6.45) is 0. The highest BCUT2D eigenvalue weighted by atomic mass is 127. The molecule has 0 aliphatic heterocycles. The molecule has 7 nitrogen and oxygen atoms in total. The zero-order valence-electron chi connectivity index (χ0n) is 16.8. The van der Waals surface area contributed by atoms with Crippen molar-refractivity contribution in [2.24, 2.45) is 4.99 Å². The van der Waals surface area contributed by atoms with Crippen molar-refractivity contribution in [2.75, 3.05) is 32.8 Å². The maximum atomic E-state index is 12.0. The van der Waals surface area contributed by atoms with E-state index < -0.39 is 0 Å². The molecule has 4 N–H and O–H groups in total. The number of nitrogens with zero attached hydrogens (tertiary/aromatic N) is 1. The summed E-state index contributed by atoms with van der Waals surface area (Å²) in [5.41, 5.74) is 1.70. The molecule has 0 heterocycles. The molecular formula is C21H29IN4O3. The van der Waals surface area contributed by atoms with E-state index in [9.17, 15) is 9.90 Å². The van der Waals surface area contributed by atoms with Crippen LogP contribution in [0.3, 0.4) is 0 Å². The summed E-state index contributed by atoms with van der Waals surface area (Å²) in [5.74, 6) is 1.45. The van der Waals surface area contributed by atoms with Crippen LogP contribution in [0.1, 0.15) is 22.8 Å². The van der Waals surface area contributed by atoms with E-state index in [2.05, 4.69) is 20.9 Å². The van der Waals surface area contributed by atoms with Gasteiger partial charge in [-0.2, -0.15) is 0 Å². The summed E-state index contributed by atoms with van der Waals surface area (Å²) in [6.45, 7) is 6.76. The molecule has 0 unspecified atom stereocenters. The second-order valence-corrected chi connectivity index (χ2v) is 6.15. The zero-order valence-corrected chi connectivity index (χ0v) is 19.1.